The van der Waals surface area contributed by atoms with Crippen molar-refractivity contribution in [2.24, 2.45) is 0 Å². The van der Waals surface area contributed by atoms with Crippen LogP contribution in [0.4, 0.5) is 0 Å². The number of hydrogen-bond acceptors (Lipinski definition) is 3. The van der Waals surface area contributed by atoms with Crippen molar-refractivity contribution in [3.8, 4) is 0 Å². The third kappa shape index (κ3) is 6.06. The summed E-state index contributed by atoms with van der Waals surface area (Å²) in [6.45, 7) is 2.21. The molecule has 0 fully saturated rings. The molecule has 0 aromatic heterocycles. The van der Waals surface area contributed by atoms with E-state index in [0.29, 0.717) is 0 Å². The molecule has 0 aliphatic heterocycles. The van der Waals surface area contributed by atoms with E-state index in [4.69, 9.17) is 5.11 Å². The number of carboxylic acids is 1. The first-order chi connectivity index (χ1) is 6.99. The Hall–Kier alpha value is -1.10. The largest absolute Gasteiger partial charge is 0.481 e. The van der Waals surface area contributed by atoms with Crippen LogP contribution in [0.1, 0.15) is 26.2 Å². The Kier molecular flexibility index (Phi) is 6.70. The summed E-state index contributed by atoms with van der Waals surface area (Å²) in [4.78, 5) is 23.7. The molecule has 0 saturated carbocycles. The Bertz CT molecular complexity index is 217. The number of aliphatic carboxylic acids is 1. The first kappa shape index (κ1) is 13.9. The minimum absolute atomic E-state index is 0.0297. The Morgan fingerprint density at radius 3 is 2.40 bits per heavy atom. The van der Waals surface area contributed by atoms with Crippen LogP contribution in [0.25, 0.3) is 0 Å². The average molecular weight is 216 g/mol. The van der Waals surface area contributed by atoms with Gasteiger partial charge in [0.1, 0.15) is 0 Å². The number of amides is 1. The van der Waals surface area contributed by atoms with E-state index in [1.165, 1.54) is 0 Å². The van der Waals surface area contributed by atoms with Crippen molar-refractivity contribution < 1.29 is 14.7 Å². The van der Waals surface area contributed by atoms with Crippen LogP contribution in [0.5, 0.6) is 0 Å². The lowest BCUT2D eigenvalue weighted by Crippen LogP contribution is -2.43. The van der Waals surface area contributed by atoms with E-state index in [1.54, 1.807) is 0 Å². The Balaban J connectivity index is 3.97. The molecule has 88 valence electrons. The van der Waals surface area contributed by atoms with Crippen LogP contribution >= 0.6 is 0 Å². The molecule has 1 amide bonds. The van der Waals surface area contributed by atoms with Gasteiger partial charge >= 0.3 is 5.97 Å². The number of hydrogen-bond donors (Lipinski definition) is 2. The lowest BCUT2D eigenvalue weighted by molar-refractivity contribution is -0.137. The molecule has 0 aromatic carbocycles. The summed E-state index contributed by atoms with van der Waals surface area (Å²) in [7, 11) is 3.69. The first-order valence-corrected chi connectivity index (χ1v) is 5.15. The van der Waals surface area contributed by atoms with Crippen LogP contribution in [0.15, 0.2) is 0 Å². The molecule has 15 heavy (non-hydrogen) atoms. The third-order valence-corrected chi connectivity index (χ3v) is 2.13. The van der Waals surface area contributed by atoms with Crippen molar-refractivity contribution in [3.05, 3.63) is 0 Å². The minimum Gasteiger partial charge on any atom is -0.481 e. The van der Waals surface area contributed by atoms with Crippen LogP contribution in [-0.2, 0) is 9.59 Å². The molecule has 0 spiro atoms. The molecule has 0 aliphatic carbocycles. The second kappa shape index (κ2) is 7.23. The fourth-order valence-electron chi connectivity index (χ4n) is 1.31. The second-order valence-electron chi connectivity index (χ2n) is 3.70. The SMILES string of the molecule is CCCC(C(=O)NCCC(=O)O)N(C)C. The predicted molar refractivity (Wildman–Crippen MR) is 57.6 cm³/mol. The van der Waals surface area contributed by atoms with Crippen LogP contribution in [0.3, 0.4) is 0 Å². The van der Waals surface area contributed by atoms with E-state index in [9.17, 15) is 9.59 Å². The summed E-state index contributed by atoms with van der Waals surface area (Å²) < 4.78 is 0. The summed E-state index contributed by atoms with van der Waals surface area (Å²) in [6.07, 6.45) is 1.68. The van der Waals surface area contributed by atoms with Gasteiger partial charge in [0.2, 0.25) is 5.91 Å². The summed E-state index contributed by atoms with van der Waals surface area (Å²) >= 11 is 0. The normalized spacial score (nSPS) is 12.5. The number of likely N-dealkylation sites (N-methyl/N-ethyl adjacent to an activating group) is 1. The van der Waals surface area contributed by atoms with Gasteiger partial charge in [-0.2, -0.15) is 0 Å². The van der Waals surface area contributed by atoms with Crippen molar-refractivity contribution in [3.63, 3.8) is 0 Å². The number of rotatable bonds is 7. The van der Waals surface area contributed by atoms with Gasteiger partial charge in [0.25, 0.3) is 0 Å². The fraction of sp³-hybridized carbons (Fsp3) is 0.800. The van der Waals surface area contributed by atoms with Crippen LogP contribution < -0.4 is 5.32 Å². The van der Waals surface area contributed by atoms with Gasteiger partial charge in [-0.1, -0.05) is 13.3 Å². The van der Waals surface area contributed by atoms with E-state index in [0.717, 1.165) is 12.8 Å². The molecule has 1 atom stereocenters. The van der Waals surface area contributed by atoms with E-state index in [-0.39, 0.29) is 24.9 Å². The Morgan fingerprint density at radius 1 is 1.40 bits per heavy atom. The molecular weight excluding hydrogens is 196 g/mol. The van der Waals surface area contributed by atoms with Crippen molar-refractivity contribution in [2.75, 3.05) is 20.6 Å². The maximum Gasteiger partial charge on any atom is 0.305 e. The molecule has 0 saturated heterocycles. The van der Waals surface area contributed by atoms with E-state index >= 15 is 0 Å². The third-order valence-electron chi connectivity index (χ3n) is 2.13. The predicted octanol–water partition coefficient (Wildman–Crippen LogP) is 0.308. The summed E-state index contributed by atoms with van der Waals surface area (Å²) in [5.74, 6) is -0.990. The topological polar surface area (TPSA) is 69.6 Å². The zero-order valence-corrected chi connectivity index (χ0v) is 9.62. The van der Waals surface area contributed by atoms with Gasteiger partial charge in [-0.3, -0.25) is 14.5 Å². The lowest BCUT2D eigenvalue weighted by atomic mass is 10.1. The smallest absolute Gasteiger partial charge is 0.305 e. The van der Waals surface area contributed by atoms with Crippen molar-refractivity contribution in [1.82, 2.24) is 10.2 Å². The van der Waals surface area contributed by atoms with Crippen molar-refractivity contribution >= 4 is 11.9 Å². The maximum atomic E-state index is 11.6. The standard InChI is InChI=1S/C10H20N2O3/c1-4-5-8(12(2)3)10(15)11-7-6-9(13)14/h8H,4-7H2,1-3H3,(H,11,15)(H,13,14). The number of carbonyl (C=O) groups is 2. The maximum absolute atomic E-state index is 11.6. The van der Waals surface area contributed by atoms with Crippen molar-refractivity contribution in [1.29, 1.82) is 0 Å². The van der Waals surface area contributed by atoms with Gasteiger partial charge < -0.3 is 10.4 Å². The minimum atomic E-state index is -0.896. The second-order valence-corrected chi connectivity index (χ2v) is 3.70. The highest BCUT2D eigenvalue weighted by Gasteiger charge is 2.18. The lowest BCUT2D eigenvalue weighted by Gasteiger charge is -2.22. The molecule has 5 heteroatoms. The van der Waals surface area contributed by atoms with Crippen LogP contribution in [0, 0.1) is 0 Å². The van der Waals surface area contributed by atoms with E-state index in [1.807, 2.05) is 25.9 Å². The Labute approximate surface area is 90.5 Å². The summed E-state index contributed by atoms with van der Waals surface area (Å²) in [5, 5.41) is 11.0. The van der Waals surface area contributed by atoms with Gasteiger partial charge in [-0.25, -0.2) is 0 Å². The molecule has 0 radical (unpaired) electrons. The number of nitrogens with one attached hydrogen (secondary N) is 1. The number of nitrogens with zero attached hydrogens (tertiary/aromatic N) is 1. The first-order valence-electron chi connectivity index (χ1n) is 5.15. The van der Waals surface area contributed by atoms with Crippen LogP contribution in [-0.4, -0.2) is 48.6 Å². The number of carboxylic acid groups (broad SMARTS) is 1. The summed E-state index contributed by atoms with van der Waals surface area (Å²) in [6, 6.07) is -0.163. The van der Waals surface area contributed by atoms with Gasteiger partial charge in [0, 0.05) is 6.54 Å². The van der Waals surface area contributed by atoms with Gasteiger partial charge in [0.05, 0.1) is 12.5 Å². The summed E-state index contributed by atoms with van der Waals surface area (Å²) in [5.41, 5.74) is 0. The highest BCUT2D eigenvalue weighted by molar-refractivity contribution is 5.82. The molecular formula is C10H20N2O3. The molecule has 0 rings (SSSR count). The monoisotopic (exact) mass is 216 g/mol. The fourth-order valence-corrected chi connectivity index (χ4v) is 1.31. The zero-order chi connectivity index (χ0) is 11.8. The Morgan fingerprint density at radius 2 is 2.00 bits per heavy atom. The molecule has 5 nitrogen and oxygen atoms in total. The zero-order valence-electron chi connectivity index (χ0n) is 9.62. The molecule has 0 heterocycles. The van der Waals surface area contributed by atoms with Gasteiger partial charge in [-0.05, 0) is 20.5 Å². The molecule has 0 aliphatic rings. The van der Waals surface area contributed by atoms with Crippen LogP contribution in [0.2, 0.25) is 0 Å². The van der Waals surface area contributed by atoms with Crippen molar-refractivity contribution in [2.45, 2.75) is 32.2 Å². The number of carbonyl (C=O) groups excluding carboxylic acids is 1. The molecule has 1 unspecified atom stereocenters. The molecule has 0 aromatic rings. The highest BCUT2D eigenvalue weighted by atomic mass is 16.4. The average Bonchev–Trinajstić information content (AvgIpc) is 2.12. The highest BCUT2D eigenvalue weighted by Crippen LogP contribution is 2.02. The quantitative estimate of drug-likeness (QED) is 0.642. The van der Waals surface area contributed by atoms with Gasteiger partial charge in [-0.15, -0.1) is 0 Å². The molecule has 2 N–H and O–H groups in total. The molecule has 0 bridgehead atoms. The van der Waals surface area contributed by atoms with Gasteiger partial charge in [0.15, 0.2) is 0 Å². The van der Waals surface area contributed by atoms with E-state index in [2.05, 4.69) is 5.32 Å². The van der Waals surface area contributed by atoms with E-state index < -0.39 is 5.97 Å².